The van der Waals surface area contributed by atoms with Crippen molar-refractivity contribution in [2.45, 2.75) is 12.7 Å². The summed E-state index contributed by atoms with van der Waals surface area (Å²) in [6.07, 6.45) is -3.53. The lowest BCUT2D eigenvalue weighted by Crippen LogP contribution is -2.24. The van der Waals surface area contributed by atoms with Crippen LogP contribution in [-0.2, 0) is 12.7 Å². The van der Waals surface area contributed by atoms with Crippen LogP contribution in [-0.4, -0.2) is 5.91 Å². The van der Waals surface area contributed by atoms with Gasteiger partial charge in [0.15, 0.2) is 4.67 Å². The minimum Gasteiger partial charge on any atom is -0.457 e. The second-order valence-electron chi connectivity index (χ2n) is 4.12. The van der Waals surface area contributed by atoms with Gasteiger partial charge in [0.05, 0.1) is 11.1 Å². The fourth-order valence-electron chi connectivity index (χ4n) is 1.67. The number of carbonyl (C=O) groups excluding carboxylic acids is 1. The van der Waals surface area contributed by atoms with Gasteiger partial charge in [-0.25, -0.2) is 4.39 Å². The molecule has 0 atom stereocenters. The number of alkyl halides is 3. The first kappa shape index (κ1) is 15.6. The number of hydrogen-bond donors (Lipinski definition) is 1. The largest absolute Gasteiger partial charge is 0.457 e. The Hall–Kier alpha value is -1.83. The number of hydrogen-bond acceptors (Lipinski definition) is 2. The third-order valence-corrected chi connectivity index (χ3v) is 3.06. The molecule has 21 heavy (non-hydrogen) atoms. The van der Waals surface area contributed by atoms with E-state index >= 15 is 0 Å². The van der Waals surface area contributed by atoms with Gasteiger partial charge in [-0.15, -0.1) is 0 Å². The molecule has 0 saturated carbocycles. The van der Waals surface area contributed by atoms with Crippen molar-refractivity contribution in [3.8, 4) is 0 Å². The molecular weight excluding hydrogens is 358 g/mol. The summed E-state index contributed by atoms with van der Waals surface area (Å²) in [6.45, 7) is -0.378. The Morgan fingerprint density at radius 1 is 1.29 bits per heavy atom. The van der Waals surface area contributed by atoms with Crippen molar-refractivity contribution in [2.75, 3.05) is 0 Å². The molecule has 0 bridgehead atoms. The summed E-state index contributed by atoms with van der Waals surface area (Å²) < 4.78 is 56.5. The molecule has 0 radical (unpaired) electrons. The zero-order chi connectivity index (χ0) is 15.6. The predicted octanol–water partition coefficient (Wildman–Crippen LogP) is 4.13. The van der Waals surface area contributed by atoms with Gasteiger partial charge in [0.2, 0.25) is 0 Å². The number of furan rings is 1. The van der Waals surface area contributed by atoms with Crippen molar-refractivity contribution in [3.63, 3.8) is 0 Å². The van der Waals surface area contributed by atoms with E-state index in [1.54, 1.807) is 0 Å². The average molecular weight is 366 g/mol. The van der Waals surface area contributed by atoms with E-state index in [9.17, 15) is 22.4 Å². The van der Waals surface area contributed by atoms with Crippen LogP contribution in [0.4, 0.5) is 17.6 Å². The molecule has 112 valence electrons. The van der Waals surface area contributed by atoms with Gasteiger partial charge in [-0.05, 0) is 33.6 Å². The monoisotopic (exact) mass is 365 g/mol. The minimum atomic E-state index is -4.69. The fraction of sp³-hybridized carbons (Fsp3) is 0.154. The molecule has 0 aliphatic rings. The van der Waals surface area contributed by atoms with Crippen molar-refractivity contribution in [1.82, 2.24) is 5.32 Å². The van der Waals surface area contributed by atoms with E-state index in [1.165, 1.54) is 6.07 Å². The van der Waals surface area contributed by atoms with E-state index in [-0.39, 0.29) is 17.7 Å². The van der Waals surface area contributed by atoms with Gasteiger partial charge in [0, 0.05) is 12.6 Å². The molecular formula is C13H8BrF4NO2. The van der Waals surface area contributed by atoms with Crippen LogP contribution in [0.2, 0.25) is 0 Å². The molecule has 0 fully saturated rings. The summed E-state index contributed by atoms with van der Waals surface area (Å²) >= 11 is 3.01. The van der Waals surface area contributed by atoms with Gasteiger partial charge in [0.25, 0.3) is 5.91 Å². The number of rotatable bonds is 3. The van der Waals surface area contributed by atoms with E-state index in [2.05, 4.69) is 21.2 Å². The van der Waals surface area contributed by atoms with Gasteiger partial charge >= 0.3 is 6.18 Å². The minimum absolute atomic E-state index is 0.164. The van der Waals surface area contributed by atoms with E-state index in [0.29, 0.717) is 10.7 Å². The highest BCUT2D eigenvalue weighted by Crippen LogP contribution is 2.32. The Morgan fingerprint density at radius 3 is 2.57 bits per heavy atom. The summed E-state index contributed by atoms with van der Waals surface area (Å²) in [6, 6.07) is 3.68. The molecule has 3 nitrogen and oxygen atoms in total. The smallest absolute Gasteiger partial charge is 0.416 e. The summed E-state index contributed by atoms with van der Waals surface area (Å²) in [5.74, 6) is -1.59. The van der Waals surface area contributed by atoms with Crippen molar-refractivity contribution < 1.29 is 26.8 Å². The maximum absolute atomic E-state index is 12.9. The van der Waals surface area contributed by atoms with Crippen molar-refractivity contribution >= 4 is 21.8 Å². The highest BCUT2D eigenvalue weighted by atomic mass is 79.9. The standard InChI is InChI=1S/C13H8BrF4NO2/c14-11-3-8(6-21-11)12(20)19-5-7-1-2-9(15)4-10(7)13(16,17)18/h1-4,6H,5H2,(H,19,20). The van der Waals surface area contributed by atoms with Gasteiger partial charge in [-0.1, -0.05) is 6.07 Å². The molecule has 1 heterocycles. The summed E-state index contributed by atoms with van der Waals surface area (Å²) in [7, 11) is 0. The first-order valence-electron chi connectivity index (χ1n) is 5.65. The Balaban J connectivity index is 2.15. The molecule has 0 aliphatic heterocycles. The maximum atomic E-state index is 12.9. The SMILES string of the molecule is O=C(NCc1ccc(F)cc1C(F)(F)F)c1coc(Br)c1. The number of nitrogens with one attached hydrogen (secondary N) is 1. The quantitative estimate of drug-likeness (QED) is 0.831. The van der Waals surface area contributed by atoms with Crippen LogP contribution in [0, 0.1) is 5.82 Å². The second-order valence-corrected chi connectivity index (χ2v) is 4.90. The Labute approximate surface area is 125 Å². The fourth-order valence-corrected chi connectivity index (χ4v) is 2.01. The summed E-state index contributed by atoms with van der Waals surface area (Å²) in [5.41, 5.74) is -1.17. The number of amides is 1. The third kappa shape index (κ3) is 3.84. The normalized spacial score (nSPS) is 11.5. The van der Waals surface area contributed by atoms with Crippen LogP contribution in [0.5, 0.6) is 0 Å². The van der Waals surface area contributed by atoms with Crippen LogP contribution in [0.25, 0.3) is 0 Å². The Morgan fingerprint density at radius 2 is 2.00 bits per heavy atom. The zero-order valence-corrected chi connectivity index (χ0v) is 11.9. The molecule has 1 N–H and O–H groups in total. The van der Waals surface area contributed by atoms with Crippen LogP contribution in [0.15, 0.2) is 39.6 Å². The van der Waals surface area contributed by atoms with E-state index in [4.69, 9.17) is 4.42 Å². The van der Waals surface area contributed by atoms with Crippen molar-refractivity contribution in [3.05, 3.63) is 57.7 Å². The first-order valence-corrected chi connectivity index (χ1v) is 6.44. The highest BCUT2D eigenvalue weighted by Gasteiger charge is 2.33. The van der Waals surface area contributed by atoms with Gasteiger partial charge < -0.3 is 9.73 Å². The number of carbonyl (C=O) groups is 1. The molecule has 0 saturated heterocycles. The van der Waals surface area contributed by atoms with Crippen molar-refractivity contribution in [1.29, 1.82) is 0 Å². The van der Waals surface area contributed by atoms with Crippen LogP contribution >= 0.6 is 15.9 Å². The molecule has 2 rings (SSSR count). The molecule has 0 aliphatic carbocycles. The lowest BCUT2D eigenvalue weighted by molar-refractivity contribution is -0.138. The van der Waals surface area contributed by atoms with Crippen LogP contribution < -0.4 is 5.32 Å². The summed E-state index contributed by atoms with van der Waals surface area (Å²) in [4.78, 5) is 11.7. The van der Waals surface area contributed by atoms with Gasteiger partial charge in [-0.3, -0.25) is 4.79 Å². The van der Waals surface area contributed by atoms with Gasteiger partial charge in [0.1, 0.15) is 12.1 Å². The molecule has 1 aromatic carbocycles. The average Bonchev–Trinajstić information content (AvgIpc) is 2.82. The van der Waals surface area contributed by atoms with Gasteiger partial charge in [-0.2, -0.15) is 13.2 Å². The Bertz CT molecular complexity index is 666. The lowest BCUT2D eigenvalue weighted by Gasteiger charge is -2.13. The Kier molecular flexibility index (Phi) is 4.36. The van der Waals surface area contributed by atoms with E-state index < -0.39 is 23.5 Å². The summed E-state index contributed by atoms with van der Waals surface area (Å²) in [5, 5.41) is 2.32. The highest BCUT2D eigenvalue weighted by molar-refractivity contribution is 9.10. The molecule has 1 aromatic heterocycles. The van der Waals surface area contributed by atoms with E-state index in [1.807, 2.05) is 0 Å². The number of halogens is 5. The molecule has 0 unspecified atom stereocenters. The molecule has 8 heteroatoms. The third-order valence-electron chi connectivity index (χ3n) is 2.65. The van der Waals surface area contributed by atoms with Crippen LogP contribution in [0.3, 0.4) is 0 Å². The lowest BCUT2D eigenvalue weighted by atomic mass is 10.1. The van der Waals surface area contributed by atoms with E-state index in [0.717, 1.165) is 18.4 Å². The van der Waals surface area contributed by atoms with Crippen LogP contribution in [0.1, 0.15) is 21.5 Å². The maximum Gasteiger partial charge on any atom is 0.416 e. The van der Waals surface area contributed by atoms with Crippen molar-refractivity contribution in [2.24, 2.45) is 0 Å². The predicted molar refractivity (Wildman–Crippen MR) is 69.0 cm³/mol. The molecule has 2 aromatic rings. The topological polar surface area (TPSA) is 42.2 Å². The first-order chi connectivity index (χ1) is 9.77. The molecule has 0 spiro atoms. The second kappa shape index (κ2) is 5.88. The molecule has 1 amide bonds. The zero-order valence-electron chi connectivity index (χ0n) is 10.3. The number of benzene rings is 1.